The Morgan fingerprint density at radius 2 is 2.00 bits per heavy atom. The molecule has 0 spiro atoms. The minimum atomic E-state index is -0.433. The molecule has 1 saturated heterocycles. The summed E-state index contributed by atoms with van der Waals surface area (Å²) in [5.74, 6) is 0.833. The van der Waals surface area contributed by atoms with E-state index in [1.54, 1.807) is 0 Å². The normalized spacial score (nSPS) is 21.4. The van der Waals surface area contributed by atoms with Crippen molar-refractivity contribution in [1.29, 1.82) is 0 Å². The highest BCUT2D eigenvalue weighted by atomic mass is 16.5. The van der Waals surface area contributed by atoms with Crippen LogP contribution in [0, 0.1) is 6.92 Å². The van der Waals surface area contributed by atoms with Crippen LogP contribution in [0.2, 0.25) is 0 Å². The molecule has 2 aromatic rings. The number of aryl methyl sites for hydroxylation is 1. The van der Waals surface area contributed by atoms with E-state index in [4.69, 9.17) is 9.72 Å². The molecule has 1 aliphatic carbocycles. The van der Waals surface area contributed by atoms with E-state index < -0.39 is 6.10 Å². The van der Waals surface area contributed by atoms with Crippen LogP contribution in [-0.2, 0) is 9.53 Å². The third kappa shape index (κ3) is 2.99. The van der Waals surface area contributed by atoms with E-state index in [1.165, 1.54) is 0 Å². The highest BCUT2D eigenvalue weighted by Gasteiger charge is 2.32. The van der Waals surface area contributed by atoms with Crippen molar-refractivity contribution in [2.75, 3.05) is 24.6 Å². The monoisotopic (exact) mass is 312 g/mol. The molecular weight excluding hydrogens is 292 g/mol. The van der Waals surface area contributed by atoms with Crippen molar-refractivity contribution in [2.24, 2.45) is 0 Å². The zero-order valence-electron chi connectivity index (χ0n) is 13.2. The van der Waals surface area contributed by atoms with Crippen molar-refractivity contribution < 1.29 is 9.53 Å². The molecule has 1 unspecified atom stereocenters. The molecule has 1 amide bonds. The molecule has 1 N–H and O–H groups in total. The standard InChI is InChI=1S/C17H20N4O2/c1-11-16(20-14-5-3-2-4-13(14)18-11)21-8-9-23-15(10-21)17(22)19-12-6-7-12/h2-5,12,15H,6-10H2,1H3,(H,19,22). The molecular formula is C17H20N4O2. The molecule has 1 aliphatic heterocycles. The summed E-state index contributed by atoms with van der Waals surface area (Å²) in [5, 5.41) is 3.01. The van der Waals surface area contributed by atoms with E-state index in [1.807, 2.05) is 31.2 Å². The van der Waals surface area contributed by atoms with Crippen molar-refractivity contribution in [2.45, 2.75) is 31.9 Å². The van der Waals surface area contributed by atoms with Crippen LogP contribution in [0.15, 0.2) is 24.3 Å². The highest BCUT2D eigenvalue weighted by Crippen LogP contribution is 2.23. The summed E-state index contributed by atoms with van der Waals surface area (Å²) in [6.45, 7) is 3.73. The number of carbonyl (C=O) groups excluding carboxylic acids is 1. The van der Waals surface area contributed by atoms with E-state index in [0.717, 1.165) is 41.9 Å². The second-order valence-electron chi connectivity index (χ2n) is 6.21. The number of amides is 1. The summed E-state index contributed by atoms with van der Waals surface area (Å²) in [6, 6.07) is 8.20. The van der Waals surface area contributed by atoms with Crippen LogP contribution in [0.5, 0.6) is 0 Å². The average molecular weight is 312 g/mol. The summed E-state index contributed by atoms with van der Waals surface area (Å²) in [7, 11) is 0. The van der Waals surface area contributed by atoms with Gasteiger partial charge in [-0.15, -0.1) is 0 Å². The number of ether oxygens (including phenoxy) is 1. The van der Waals surface area contributed by atoms with Crippen molar-refractivity contribution in [3.05, 3.63) is 30.0 Å². The molecule has 1 saturated carbocycles. The Labute approximate surface area is 134 Å². The van der Waals surface area contributed by atoms with Gasteiger partial charge in [0.05, 0.1) is 29.9 Å². The number of fused-ring (bicyclic) bond motifs is 1. The van der Waals surface area contributed by atoms with E-state index in [0.29, 0.717) is 19.2 Å². The van der Waals surface area contributed by atoms with Crippen molar-refractivity contribution in [1.82, 2.24) is 15.3 Å². The summed E-state index contributed by atoms with van der Waals surface area (Å²) in [4.78, 5) is 23.7. The number of benzene rings is 1. The zero-order valence-corrected chi connectivity index (χ0v) is 13.2. The molecule has 23 heavy (non-hydrogen) atoms. The van der Waals surface area contributed by atoms with Crippen LogP contribution >= 0.6 is 0 Å². The van der Waals surface area contributed by atoms with Crippen LogP contribution in [0.25, 0.3) is 11.0 Å². The molecule has 0 bridgehead atoms. The molecule has 2 heterocycles. The van der Waals surface area contributed by atoms with Crippen LogP contribution < -0.4 is 10.2 Å². The number of nitrogens with zero attached hydrogens (tertiary/aromatic N) is 3. The Morgan fingerprint density at radius 1 is 1.26 bits per heavy atom. The molecule has 1 atom stereocenters. The maximum absolute atomic E-state index is 12.2. The number of carbonyl (C=O) groups is 1. The minimum absolute atomic E-state index is 0.0106. The molecule has 2 fully saturated rings. The number of para-hydroxylation sites is 2. The predicted octanol–water partition coefficient (Wildman–Crippen LogP) is 1.42. The molecule has 120 valence electrons. The lowest BCUT2D eigenvalue weighted by Gasteiger charge is -2.33. The molecule has 2 aliphatic rings. The largest absolute Gasteiger partial charge is 0.365 e. The molecule has 1 aromatic heterocycles. The molecule has 4 rings (SSSR count). The first kappa shape index (κ1) is 14.4. The van der Waals surface area contributed by atoms with Crippen LogP contribution in [0.3, 0.4) is 0 Å². The van der Waals surface area contributed by atoms with Gasteiger partial charge in [-0.1, -0.05) is 12.1 Å². The lowest BCUT2D eigenvalue weighted by Crippen LogP contribution is -2.50. The second-order valence-corrected chi connectivity index (χ2v) is 6.21. The number of rotatable bonds is 3. The van der Waals surface area contributed by atoms with Gasteiger partial charge in [-0.05, 0) is 31.9 Å². The number of hydrogen-bond acceptors (Lipinski definition) is 5. The quantitative estimate of drug-likeness (QED) is 0.928. The molecule has 6 nitrogen and oxygen atoms in total. The Morgan fingerprint density at radius 3 is 2.74 bits per heavy atom. The smallest absolute Gasteiger partial charge is 0.251 e. The van der Waals surface area contributed by atoms with Crippen LogP contribution in [-0.4, -0.2) is 47.7 Å². The van der Waals surface area contributed by atoms with Gasteiger partial charge in [-0.2, -0.15) is 0 Å². The van der Waals surface area contributed by atoms with Gasteiger partial charge in [0.1, 0.15) is 0 Å². The summed E-state index contributed by atoms with van der Waals surface area (Å²) in [5.41, 5.74) is 2.65. The highest BCUT2D eigenvalue weighted by molar-refractivity contribution is 5.82. The van der Waals surface area contributed by atoms with Gasteiger partial charge >= 0.3 is 0 Å². The van der Waals surface area contributed by atoms with Gasteiger partial charge in [0, 0.05) is 12.6 Å². The predicted molar refractivity (Wildman–Crippen MR) is 87.4 cm³/mol. The molecule has 6 heteroatoms. The number of anilines is 1. The fourth-order valence-corrected chi connectivity index (χ4v) is 2.90. The van der Waals surface area contributed by atoms with E-state index in [2.05, 4.69) is 15.2 Å². The maximum atomic E-state index is 12.2. The summed E-state index contributed by atoms with van der Waals surface area (Å²) in [6.07, 6.45) is 1.73. The first-order valence-electron chi connectivity index (χ1n) is 8.11. The van der Waals surface area contributed by atoms with Gasteiger partial charge in [0.2, 0.25) is 0 Å². The van der Waals surface area contributed by atoms with Gasteiger partial charge in [-0.3, -0.25) is 4.79 Å². The third-order valence-electron chi connectivity index (χ3n) is 4.30. The van der Waals surface area contributed by atoms with Gasteiger partial charge in [-0.25, -0.2) is 9.97 Å². The number of hydrogen-bond donors (Lipinski definition) is 1. The lowest BCUT2D eigenvalue weighted by atomic mass is 10.2. The zero-order chi connectivity index (χ0) is 15.8. The maximum Gasteiger partial charge on any atom is 0.251 e. The van der Waals surface area contributed by atoms with E-state index in [-0.39, 0.29) is 5.91 Å². The second kappa shape index (κ2) is 5.77. The SMILES string of the molecule is Cc1nc2ccccc2nc1N1CCOC(C(=O)NC2CC2)C1. The lowest BCUT2D eigenvalue weighted by molar-refractivity contribution is -0.133. The Balaban J connectivity index is 1.56. The van der Waals surface area contributed by atoms with Crippen molar-refractivity contribution in [3.63, 3.8) is 0 Å². The number of morpholine rings is 1. The van der Waals surface area contributed by atoms with E-state index in [9.17, 15) is 4.79 Å². The Hall–Kier alpha value is -2.21. The summed E-state index contributed by atoms with van der Waals surface area (Å²) >= 11 is 0. The molecule has 1 aromatic carbocycles. The van der Waals surface area contributed by atoms with Gasteiger partial charge < -0.3 is 15.0 Å². The van der Waals surface area contributed by atoms with Crippen LogP contribution in [0.4, 0.5) is 5.82 Å². The minimum Gasteiger partial charge on any atom is -0.365 e. The Kier molecular flexibility index (Phi) is 3.61. The van der Waals surface area contributed by atoms with Gasteiger partial charge in [0.15, 0.2) is 11.9 Å². The molecule has 0 radical (unpaired) electrons. The fourth-order valence-electron chi connectivity index (χ4n) is 2.90. The summed E-state index contributed by atoms with van der Waals surface area (Å²) < 4.78 is 5.65. The first-order valence-corrected chi connectivity index (χ1v) is 8.11. The Bertz CT molecular complexity index is 744. The third-order valence-corrected chi connectivity index (χ3v) is 4.30. The van der Waals surface area contributed by atoms with Gasteiger partial charge in [0.25, 0.3) is 5.91 Å². The number of nitrogens with one attached hydrogen (secondary N) is 1. The first-order chi connectivity index (χ1) is 11.2. The van der Waals surface area contributed by atoms with Crippen molar-refractivity contribution >= 4 is 22.8 Å². The number of aromatic nitrogens is 2. The fraction of sp³-hybridized carbons (Fsp3) is 0.471. The van der Waals surface area contributed by atoms with Crippen molar-refractivity contribution in [3.8, 4) is 0 Å². The van der Waals surface area contributed by atoms with Crippen LogP contribution in [0.1, 0.15) is 18.5 Å². The average Bonchev–Trinajstić information content (AvgIpc) is 3.38. The topological polar surface area (TPSA) is 67.3 Å². The van der Waals surface area contributed by atoms with E-state index >= 15 is 0 Å².